The summed E-state index contributed by atoms with van der Waals surface area (Å²) < 4.78 is 10.4. The Kier molecular flexibility index (Phi) is 6.36. The van der Waals surface area contributed by atoms with E-state index in [4.69, 9.17) is 9.47 Å². The minimum atomic E-state index is -0.366. The summed E-state index contributed by atoms with van der Waals surface area (Å²) in [5, 5.41) is 5.15. The first-order valence-electron chi connectivity index (χ1n) is 6.34. The molecule has 2 N–H and O–H groups in total. The average Bonchev–Trinajstić information content (AvgIpc) is 2.42. The normalized spacial score (nSPS) is 10.0. The second-order valence-electron chi connectivity index (χ2n) is 4.44. The zero-order valence-electron chi connectivity index (χ0n) is 11.9. The van der Waals surface area contributed by atoms with E-state index < -0.39 is 0 Å². The largest absolute Gasteiger partial charge is 0.493 e. The Morgan fingerprint density at radius 1 is 1.15 bits per heavy atom. The Hall–Kier alpha value is -2.24. The van der Waals surface area contributed by atoms with E-state index in [9.17, 15) is 9.59 Å². The molecule has 1 aromatic rings. The van der Waals surface area contributed by atoms with Crippen LogP contribution in [0.3, 0.4) is 0 Å². The molecule has 2 amide bonds. The molecule has 0 aliphatic carbocycles. The maximum absolute atomic E-state index is 11.5. The van der Waals surface area contributed by atoms with Crippen LogP contribution in [-0.2, 0) is 9.59 Å². The average molecular weight is 280 g/mol. The third-order valence-electron chi connectivity index (χ3n) is 2.32. The SMILES string of the molecule is COc1ccccc1OCC(=O)NCC(=O)NC(C)C. The Balaban J connectivity index is 2.35. The second-order valence-corrected chi connectivity index (χ2v) is 4.44. The van der Waals surface area contributed by atoms with Gasteiger partial charge < -0.3 is 20.1 Å². The highest BCUT2D eigenvalue weighted by molar-refractivity contribution is 5.85. The summed E-state index contributed by atoms with van der Waals surface area (Å²) in [4.78, 5) is 22.9. The van der Waals surface area contributed by atoms with E-state index in [-0.39, 0.29) is 31.0 Å². The maximum atomic E-state index is 11.5. The van der Waals surface area contributed by atoms with Gasteiger partial charge in [-0.2, -0.15) is 0 Å². The van der Waals surface area contributed by atoms with Crippen molar-refractivity contribution in [2.75, 3.05) is 20.3 Å². The summed E-state index contributed by atoms with van der Waals surface area (Å²) in [6.45, 7) is 3.47. The fourth-order valence-electron chi connectivity index (χ4n) is 1.48. The Bertz CT molecular complexity index is 460. The summed E-state index contributed by atoms with van der Waals surface area (Å²) in [5.74, 6) is 0.440. The third-order valence-corrected chi connectivity index (χ3v) is 2.32. The van der Waals surface area contributed by atoms with Gasteiger partial charge in [0.25, 0.3) is 5.91 Å². The van der Waals surface area contributed by atoms with E-state index >= 15 is 0 Å². The van der Waals surface area contributed by atoms with Crippen LogP contribution in [-0.4, -0.2) is 38.1 Å². The van der Waals surface area contributed by atoms with Crippen LogP contribution in [0, 0.1) is 0 Å². The number of rotatable bonds is 7. The van der Waals surface area contributed by atoms with Crippen molar-refractivity contribution < 1.29 is 19.1 Å². The minimum absolute atomic E-state index is 0.0456. The van der Waals surface area contributed by atoms with Crippen molar-refractivity contribution in [3.63, 3.8) is 0 Å². The lowest BCUT2D eigenvalue weighted by Gasteiger charge is -2.11. The molecule has 0 heterocycles. The van der Waals surface area contributed by atoms with Crippen molar-refractivity contribution in [3.8, 4) is 11.5 Å². The number of amides is 2. The number of para-hydroxylation sites is 2. The van der Waals surface area contributed by atoms with Crippen molar-refractivity contribution in [1.82, 2.24) is 10.6 Å². The number of carbonyl (C=O) groups excluding carboxylic acids is 2. The lowest BCUT2D eigenvalue weighted by molar-refractivity contribution is -0.127. The number of hydrogen-bond donors (Lipinski definition) is 2. The van der Waals surface area contributed by atoms with E-state index in [0.717, 1.165) is 0 Å². The van der Waals surface area contributed by atoms with Gasteiger partial charge in [-0.05, 0) is 26.0 Å². The summed E-state index contributed by atoms with van der Waals surface area (Å²) in [6, 6.07) is 7.08. The van der Waals surface area contributed by atoms with E-state index in [2.05, 4.69) is 10.6 Å². The van der Waals surface area contributed by atoms with Gasteiger partial charge in [0.2, 0.25) is 5.91 Å². The van der Waals surface area contributed by atoms with E-state index in [1.54, 1.807) is 18.2 Å². The number of carbonyl (C=O) groups is 2. The van der Waals surface area contributed by atoms with Crippen LogP contribution in [0.2, 0.25) is 0 Å². The van der Waals surface area contributed by atoms with Gasteiger partial charge in [-0.25, -0.2) is 0 Å². The summed E-state index contributed by atoms with van der Waals surface area (Å²) >= 11 is 0. The zero-order valence-corrected chi connectivity index (χ0v) is 11.9. The first-order valence-corrected chi connectivity index (χ1v) is 6.34. The molecule has 0 aliphatic rings. The molecule has 6 heteroatoms. The van der Waals surface area contributed by atoms with Crippen molar-refractivity contribution in [2.45, 2.75) is 19.9 Å². The molecule has 0 atom stereocenters. The van der Waals surface area contributed by atoms with Gasteiger partial charge in [0.15, 0.2) is 18.1 Å². The molecule has 0 radical (unpaired) electrons. The number of hydrogen-bond acceptors (Lipinski definition) is 4. The first-order chi connectivity index (χ1) is 9.52. The van der Waals surface area contributed by atoms with Crippen molar-refractivity contribution in [2.24, 2.45) is 0 Å². The van der Waals surface area contributed by atoms with Crippen LogP contribution >= 0.6 is 0 Å². The van der Waals surface area contributed by atoms with E-state index in [1.165, 1.54) is 7.11 Å². The van der Waals surface area contributed by atoms with Crippen molar-refractivity contribution in [3.05, 3.63) is 24.3 Å². The standard InChI is InChI=1S/C14H20N2O4/c1-10(2)16-13(17)8-15-14(18)9-20-12-7-5-4-6-11(12)19-3/h4-7,10H,8-9H2,1-3H3,(H,15,18)(H,16,17). The van der Waals surface area contributed by atoms with Crippen LogP contribution in [0.4, 0.5) is 0 Å². The Labute approximate surface area is 118 Å². The topological polar surface area (TPSA) is 76.7 Å². The highest BCUT2D eigenvalue weighted by Crippen LogP contribution is 2.25. The molecule has 0 unspecified atom stereocenters. The molecule has 0 fully saturated rings. The van der Waals surface area contributed by atoms with Gasteiger partial charge in [-0.1, -0.05) is 12.1 Å². The summed E-state index contributed by atoms with van der Waals surface area (Å²) in [7, 11) is 1.53. The minimum Gasteiger partial charge on any atom is -0.493 e. The highest BCUT2D eigenvalue weighted by Gasteiger charge is 2.09. The molecule has 0 spiro atoms. The second kappa shape index (κ2) is 8.04. The summed E-state index contributed by atoms with van der Waals surface area (Å²) in [6.07, 6.45) is 0. The molecule has 110 valence electrons. The molecular formula is C14H20N2O4. The van der Waals surface area contributed by atoms with E-state index in [1.807, 2.05) is 19.9 Å². The molecule has 0 saturated carbocycles. The lowest BCUT2D eigenvalue weighted by Crippen LogP contribution is -2.41. The molecule has 1 aromatic carbocycles. The van der Waals surface area contributed by atoms with Crippen LogP contribution < -0.4 is 20.1 Å². The zero-order chi connectivity index (χ0) is 15.0. The molecular weight excluding hydrogens is 260 g/mol. The van der Waals surface area contributed by atoms with Gasteiger partial charge >= 0.3 is 0 Å². The fourth-order valence-corrected chi connectivity index (χ4v) is 1.48. The van der Waals surface area contributed by atoms with Gasteiger partial charge in [-0.15, -0.1) is 0 Å². The monoisotopic (exact) mass is 280 g/mol. The Morgan fingerprint density at radius 2 is 1.80 bits per heavy atom. The number of benzene rings is 1. The number of ether oxygens (including phenoxy) is 2. The van der Waals surface area contributed by atoms with Gasteiger partial charge in [0, 0.05) is 6.04 Å². The van der Waals surface area contributed by atoms with Gasteiger partial charge in [0.1, 0.15) is 0 Å². The van der Waals surface area contributed by atoms with Crippen LogP contribution in [0.15, 0.2) is 24.3 Å². The van der Waals surface area contributed by atoms with Crippen LogP contribution in [0.5, 0.6) is 11.5 Å². The fraction of sp³-hybridized carbons (Fsp3) is 0.429. The van der Waals surface area contributed by atoms with Gasteiger partial charge in [0.05, 0.1) is 13.7 Å². The highest BCUT2D eigenvalue weighted by atomic mass is 16.5. The molecule has 1 rings (SSSR count). The summed E-state index contributed by atoms with van der Waals surface area (Å²) in [5.41, 5.74) is 0. The van der Waals surface area contributed by atoms with Crippen LogP contribution in [0.1, 0.15) is 13.8 Å². The maximum Gasteiger partial charge on any atom is 0.258 e. The smallest absolute Gasteiger partial charge is 0.258 e. The number of methoxy groups -OCH3 is 1. The Morgan fingerprint density at radius 3 is 2.40 bits per heavy atom. The molecule has 0 saturated heterocycles. The number of nitrogens with one attached hydrogen (secondary N) is 2. The third kappa shape index (κ3) is 5.60. The molecule has 0 aliphatic heterocycles. The molecule has 0 bridgehead atoms. The molecule has 20 heavy (non-hydrogen) atoms. The van der Waals surface area contributed by atoms with E-state index in [0.29, 0.717) is 11.5 Å². The predicted molar refractivity (Wildman–Crippen MR) is 74.8 cm³/mol. The molecule has 0 aromatic heterocycles. The first kappa shape index (κ1) is 15.8. The van der Waals surface area contributed by atoms with Crippen molar-refractivity contribution in [1.29, 1.82) is 0 Å². The molecule has 6 nitrogen and oxygen atoms in total. The van der Waals surface area contributed by atoms with Crippen LogP contribution in [0.25, 0.3) is 0 Å². The lowest BCUT2D eigenvalue weighted by atomic mass is 10.3. The van der Waals surface area contributed by atoms with Crippen molar-refractivity contribution >= 4 is 11.8 Å². The predicted octanol–water partition coefficient (Wildman–Crippen LogP) is 0.715. The quantitative estimate of drug-likeness (QED) is 0.771. The van der Waals surface area contributed by atoms with Gasteiger partial charge in [-0.3, -0.25) is 9.59 Å².